The summed E-state index contributed by atoms with van der Waals surface area (Å²) in [4.78, 5) is 10.7. The lowest BCUT2D eigenvalue weighted by atomic mass is 9.84. The average molecular weight is 222 g/mol. The van der Waals surface area contributed by atoms with Gasteiger partial charge in [-0.05, 0) is 23.1 Å². The van der Waals surface area contributed by atoms with E-state index in [1.165, 1.54) is 0 Å². The number of benzene rings is 1. The summed E-state index contributed by atoms with van der Waals surface area (Å²) in [5.41, 5.74) is 1.28. The van der Waals surface area contributed by atoms with Gasteiger partial charge in [0.05, 0.1) is 11.7 Å². The maximum absolute atomic E-state index is 10.7. The van der Waals surface area contributed by atoms with E-state index < -0.39 is 5.97 Å². The Balaban J connectivity index is 3.00. The van der Waals surface area contributed by atoms with E-state index in [1.54, 1.807) is 19.2 Å². The van der Waals surface area contributed by atoms with Crippen LogP contribution in [0.1, 0.15) is 42.8 Å². The minimum atomic E-state index is -0.906. The van der Waals surface area contributed by atoms with E-state index in [2.05, 4.69) is 20.8 Å². The SMILES string of the molecule is CO[C@@H](c1ccc(C(=O)O)cc1)C(C)(C)C. The Labute approximate surface area is 96.1 Å². The zero-order valence-electron chi connectivity index (χ0n) is 10.2. The molecule has 0 saturated carbocycles. The van der Waals surface area contributed by atoms with Crippen LogP contribution in [0.25, 0.3) is 0 Å². The van der Waals surface area contributed by atoms with Gasteiger partial charge < -0.3 is 9.84 Å². The monoisotopic (exact) mass is 222 g/mol. The Morgan fingerprint density at radius 2 is 1.75 bits per heavy atom. The molecule has 3 heteroatoms. The average Bonchev–Trinajstić information content (AvgIpc) is 2.17. The van der Waals surface area contributed by atoms with Crippen LogP contribution in [0.15, 0.2) is 24.3 Å². The first-order chi connectivity index (χ1) is 7.36. The summed E-state index contributed by atoms with van der Waals surface area (Å²) < 4.78 is 5.45. The van der Waals surface area contributed by atoms with Gasteiger partial charge in [-0.2, -0.15) is 0 Å². The summed E-state index contributed by atoms with van der Waals surface area (Å²) in [7, 11) is 1.67. The lowest BCUT2D eigenvalue weighted by molar-refractivity contribution is 0.0152. The maximum Gasteiger partial charge on any atom is 0.335 e. The smallest absolute Gasteiger partial charge is 0.335 e. The molecule has 88 valence electrons. The van der Waals surface area contributed by atoms with Crippen LogP contribution in [0.2, 0.25) is 0 Å². The molecule has 0 aliphatic rings. The van der Waals surface area contributed by atoms with Crippen molar-refractivity contribution in [2.75, 3.05) is 7.11 Å². The first-order valence-corrected chi connectivity index (χ1v) is 5.22. The summed E-state index contributed by atoms with van der Waals surface area (Å²) in [6.45, 7) is 6.27. The first kappa shape index (κ1) is 12.7. The summed E-state index contributed by atoms with van der Waals surface area (Å²) in [6, 6.07) is 6.83. The van der Waals surface area contributed by atoms with Crippen molar-refractivity contribution < 1.29 is 14.6 Å². The number of rotatable bonds is 3. The molecule has 0 heterocycles. The van der Waals surface area contributed by atoms with E-state index in [-0.39, 0.29) is 11.5 Å². The minimum absolute atomic E-state index is 0.0144. The summed E-state index contributed by atoms with van der Waals surface area (Å²) in [5.74, 6) is -0.906. The van der Waals surface area contributed by atoms with Gasteiger partial charge in [-0.3, -0.25) is 0 Å². The molecule has 1 aromatic carbocycles. The Morgan fingerprint density at radius 3 is 2.06 bits per heavy atom. The molecule has 0 aromatic heterocycles. The molecule has 1 N–H and O–H groups in total. The quantitative estimate of drug-likeness (QED) is 0.854. The lowest BCUT2D eigenvalue weighted by Gasteiger charge is -2.29. The van der Waals surface area contributed by atoms with Gasteiger partial charge in [0, 0.05) is 7.11 Å². The third-order valence-electron chi connectivity index (χ3n) is 2.48. The van der Waals surface area contributed by atoms with E-state index in [0.717, 1.165) is 5.56 Å². The van der Waals surface area contributed by atoms with Crippen LogP contribution >= 0.6 is 0 Å². The molecule has 1 aromatic rings. The highest BCUT2D eigenvalue weighted by Gasteiger charge is 2.25. The Hall–Kier alpha value is -1.35. The molecule has 0 fully saturated rings. The molecule has 1 rings (SSSR count). The highest BCUT2D eigenvalue weighted by Crippen LogP contribution is 2.35. The first-order valence-electron chi connectivity index (χ1n) is 5.22. The minimum Gasteiger partial charge on any atom is -0.478 e. The number of aromatic carboxylic acids is 1. The molecule has 0 radical (unpaired) electrons. The van der Waals surface area contributed by atoms with E-state index in [4.69, 9.17) is 9.84 Å². The predicted octanol–water partition coefficient (Wildman–Crippen LogP) is 3.12. The number of methoxy groups -OCH3 is 1. The van der Waals surface area contributed by atoms with Crippen LogP contribution in [-0.2, 0) is 4.74 Å². The van der Waals surface area contributed by atoms with Crippen molar-refractivity contribution in [3.8, 4) is 0 Å². The van der Waals surface area contributed by atoms with Crippen LogP contribution < -0.4 is 0 Å². The Kier molecular flexibility index (Phi) is 3.70. The van der Waals surface area contributed by atoms with E-state index in [0.29, 0.717) is 5.56 Å². The number of carboxylic acids is 1. The van der Waals surface area contributed by atoms with Gasteiger partial charge in [-0.1, -0.05) is 32.9 Å². The van der Waals surface area contributed by atoms with Crippen LogP contribution in [0.3, 0.4) is 0 Å². The summed E-state index contributed by atoms with van der Waals surface area (Å²) in [5, 5.41) is 8.80. The predicted molar refractivity (Wildman–Crippen MR) is 62.6 cm³/mol. The van der Waals surface area contributed by atoms with Gasteiger partial charge in [0.2, 0.25) is 0 Å². The number of carboxylic acid groups (broad SMARTS) is 1. The van der Waals surface area contributed by atoms with Gasteiger partial charge in [-0.25, -0.2) is 4.79 Å². The van der Waals surface area contributed by atoms with Gasteiger partial charge in [0.1, 0.15) is 0 Å². The largest absolute Gasteiger partial charge is 0.478 e. The van der Waals surface area contributed by atoms with Gasteiger partial charge in [0.15, 0.2) is 0 Å². The highest BCUT2D eigenvalue weighted by molar-refractivity contribution is 5.87. The number of hydrogen-bond acceptors (Lipinski definition) is 2. The van der Waals surface area contributed by atoms with Crippen molar-refractivity contribution in [1.29, 1.82) is 0 Å². The zero-order valence-corrected chi connectivity index (χ0v) is 10.2. The Bertz CT molecular complexity index is 360. The molecular weight excluding hydrogens is 204 g/mol. The second kappa shape index (κ2) is 4.66. The van der Waals surface area contributed by atoms with Crippen LogP contribution in [0.5, 0.6) is 0 Å². The second-order valence-electron chi connectivity index (χ2n) is 4.91. The molecular formula is C13H18O3. The normalized spacial score (nSPS) is 13.5. The van der Waals surface area contributed by atoms with Gasteiger partial charge in [-0.15, -0.1) is 0 Å². The Morgan fingerprint density at radius 1 is 1.25 bits per heavy atom. The number of hydrogen-bond donors (Lipinski definition) is 1. The molecule has 0 aliphatic heterocycles. The second-order valence-corrected chi connectivity index (χ2v) is 4.91. The molecule has 16 heavy (non-hydrogen) atoms. The van der Waals surface area contributed by atoms with Crippen LogP contribution in [0.4, 0.5) is 0 Å². The maximum atomic E-state index is 10.7. The molecule has 0 amide bonds. The molecule has 1 atom stereocenters. The zero-order chi connectivity index (χ0) is 12.3. The van der Waals surface area contributed by atoms with Crippen LogP contribution in [0, 0.1) is 5.41 Å². The third-order valence-corrected chi connectivity index (χ3v) is 2.48. The standard InChI is InChI=1S/C13H18O3/c1-13(2,3)11(16-4)9-5-7-10(8-6-9)12(14)15/h5-8,11H,1-4H3,(H,14,15)/t11-/m0/s1. The van der Waals surface area contributed by atoms with Gasteiger partial charge >= 0.3 is 5.97 Å². The number of ether oxygens (including phenoxy) is 1. The van der Waals surface area contributed by atoms with Crippen molar-refractivity contribution in [2.45, 2.75) is 26.9 Å². The summed E-state index contributed by atoms with van der Waals surface area (Å²) in [6.07, 6.45) is -0.0321. The molecule has 3 nitrogen and oxygen atoms in total. The van der Waals surface area contributed by atoms with E-state index in [1.807, 2.05) is 12.1 Å². The van der Waals surface area contributed by atoms with Gasteiger partial charge in [0.25, 0.3) is 0 Å². The van der Waals surface area contributed by atoms with E-state index >= 15 is 0 Å². The fraction of sp³-hybridized carbons (Fsp3) is 0.462. The highest BCUT2D eigenvalue weighted by atomic mass is 16.5. The fourth-order valence-electron chi connectivity index (χ4n) is 1.79. The lowest BCUT2D eigenvalue weighted by Crippen LogP contribution is -2.20. The van der Waals surface area contributed by atoms with Crippen molar-refractivity contribution in [2.24, 2.45) is 5.41 Å². The van der Waals surface area contributed by atoms with Crippen molar-refractivity contribution in [1.82, 2.24) is 0 Å². The fourth-order valence-corrected chi connectivity index (χ4v) is 1.79. The molecule has 0 saturated heterocycles. The van der Waals surface area contributed by atoms with Crippen molar-refractivity contribution in [3.05, 3.63) is 35.4 Å². The summed E-state index contributed by atoms with van der Waals surface area (Å²) >= 11 is 0. The van der Waals surface area contributed by atoms with Crippen molar-refractivity contribution in [3.63, 3.8) is 0 Å². The number of carbonyl (C=O) groups is 1. The van der Waals surface area contributed by atoms with Crippen LogP contribution in [-0.4, -0.2) is 18.2 Å². The van der Waals surface area contributed by atoms with Crippen molar-refractivity contribution >= 4 is 5.97 Å². The molecule has 0 unspecified atom stereocenters. The molecule has 0 spiro atoms. The topological polar surface area (TPSA) is 46.5 Å². The molecule has 0 aliphatic carbocycles. The third kappa shape index (κ3) is 2.83. The van der Waals surface area contributed by atoms with E-state index in [9.17, 15) is 4.79 Å². The molecule has 0 bridgehead atoms.